The topological polar surface area (TPSA) is 91.8 Å². The summed E-state index contributed by atoms with van der Waals surface area (Å²) in [6.45, 7) is 2.89. The van der Waals surface area contributed by atoms with Crippen LogP contribution in [0.25, 0.3) is 0 Å². The number of furan rings is 1. The highest BCUT2D eigenvalue weighted by molar-refractivity contribution is 5.92. The molecule has 0 unspecified atom stereocenters. The molecule has 0 aromatic carbocycles. The van der Waals surface area contributed by atoms with E-state index in [0.29, 0.717) is 38.5 Å². The zero-order valence-corrected chi connectivity index (χ0v) is 13.5. The zero-order chi connectivity index (χ0) is 17.1. The van der Waals surface area contributed by atoms with Gasteiger partial charge in [-0.2, -0.15) is 5.10 Å². The summed E-state index contributed by atoms with van der Waals surface area (Å²) in [4.78, 5) is 27.6. The van der Waals surface area contributed by atoms with Gasteiger partial charge in [-0.15, -0.1) is 0 Å². The van der Waals surface area contributed by atoms with E-state index in [-0.39, 0.29) is 17.2 Å². The van der Waals surface area contributed by atoms with Crippen molar-refractivity contribution in [2.45, 2.75) is 6.10 Å². The second-order valence-corrected chi connectivity index (χ2v) is 5.80. The maximum Gasteiger partial charge on any atom is 0.274 e. The third-order valence-corrected chi connectivity index (χ3v) is 4.14. The molecule has 1 amide bonds. The van der Waals surface area contributed by atoms with Gasteiger partial charge in [-0.25, -0.2) is 4.68 Å². The highest BCUT2D eigenvalue weighted by atomic mass is 16.4. The minimum atomic E-state index is -0.674. The van der Waals surface area contributed by atoms with Crippen LogP contribution in [0.4, 0.5) is 0 Å². The van der Waals surface area contributed by atoms with E-state index in [1.54, 1.807) is 17.0 Å². The number of aromatic nitrogens is 2. The van der Waals surface area contributed by atoms with E-state index in [0.717, 1.165) is 4.68 Å². The molecule has 1 fully saturated rings. The number of piperazine rings is 1. The van der Waals surface area contributed by atoms with Crippen molar-refractivity contribution >= 4 is 5.91 Å². The number of nitrogens with zero attached hydrogens (tertiary/aromatic N) is 4. The van der Waals surface area contributed by atoms with E-state index < -0.39 is 6.10 Å². The molecular weight excluding hydrogens is 312 g/mol. The van der Waals surface area contributed by atoms with E-state index >= 15 is 0 Å². The fourth-order valence-electron chi connectivity index (χ4n) is 2.73. The molecule has 1 N–H and O–H groups in total. The number of hydrogen-bond donors (Lipinski definition) is 1. The monoisotopic (exact) mass is 332 g/mol. The van der Waals surface area contributed by atoms with Crippen molar-refractivity contribution in [3.63, 3.8) is 0 Å². The fraction of sp³-hybridized carbons (Fsp3) is 0.438. The average Bonchev–Trinajstić information content (AvgIpc) is 3.12. The van der Waals surface area contributed by atoms with E-state index in [1.165, 1.54) is 25.4 Å². The number of aliphatic hydroxyl groups is 1. The van der Waals surface area contributed by atoms with Crippen molar-refractivity contribution in [1.29, 1.82) is 0 Å². The molecule has 24 heavy (non-hydrogen) atoms. The summed E-state index contributed by atoms with van der Waals surface area (Å²) in [5, 5.41) is 14.1. The second-order valence-electron chi connectivity index (χ2n) is 5.80. The Morgan fingerprint density at radius 1 is 1.29 bits per heavy atom. The molecule has 0 spiro atoms. The zero-order valence-electron chi connectivity index (χ0n) is 13.5. The van der Waals surface area contributed by atoms with Crippen molar-refractivity contribution in [2.75, 3.05) is 32.7 Å². The quantitative estimate of drug-likeness (QED) is 0.838. The van der Waals surface area contributed by atoms with Crippen molar-refractivity contribution in [2.24, 2.45) is 7.05 Å². The Hall–Kier alpha value is -2.45. The van der Waals surface area contributed by atoms with Crippen LogP contribution < -0.4 is 5.56 Å². The number of rotatable bonds is 4. The predicted octanol–water partition coefficient (Wildman–Crippen LogP) is -0.135. The van der Waals surface area contributed by atoms with Crippen LogP contribution in [0.15, 0.2) is 39.7 Å². The third kappa shape index (κ3) is 3.55. The standard InChI is InChI=1S/C16H20N4O4/c1-18-15(22)5-4-12(17-18)16(23)20-8-6-19(7-9-20)11-13(21)14-3-2-10-24-14/h2-5,10,13,21H,6-9,11H2,1H3/t13-/m1/s1. The summed E-state index contributed by atoms with van der Waals surface area (Å²) in [6, 6.07) is 6.29. The molecule has 3 heterocycles. The van der Waals surface area contributed by atoms with Crippen LogP contribution in [0.2, 0.25) is 0 Å². The van der Waals surface area contributed by atoms with E-state index in [2.05, 4.69) is 10.00 Å². The molecule has 0 radical (unpaired) electrons. The predicted molar refractivity (Wildman–Crippen MR) is 85.5 cm³/mol. The van der Waals surface area contributed by atoms with Gasteiger partial charge in [-0.3, -0.25) is 14.5 Å². The number of β-amino-alcohol motifs (C(OH)–C–C–N with tert-alkyl or cyclic N) is 1. The Morgan fingerprint density at radius 3 is 2.67 bits per heavy atom. The molecule has 2 aromatic heterocycles. The largest absolute Gasteiger partial charge is 0.467 e. The summed E-state index contributed by atoms with van der Waals surface area (Å²) < 4.78 is 6.35. The van der Waals surface area contributed by atoms with Gasteiger partial charge in [0.15, 0.2) is 0 Å². The Labute approximate surface area is 138 Å². The van der Waals surface area contributed by atoms with Crippen molar-refractivity contribution in [3.05, 3.63) is 52.3 Å². The minimum Gasteiger partial charge on any atom is -0.467 e. The van der Waals surface area contributed by atoms with Crippen LogP contribution >= 0.6 is 0 Å². The Morgan fingerprint density at radius 2 is 2.04 bits per heavy atom. The minimum absolute atomic E-state index is 0.183. The maximum atomic E-state index is 12.4. The SMILES string of the molecule is Cn1nc(C(=O)N2CCN(C[C@@H](O)c3ccco3)CC2)ccc1=O. The average molecular weight is 332 g/mol. The van der Waals surface area contributed by atoms with Gasteiger partial charge in [0, 0.05) is 45.8 Å². The summed E-state index contributed by atoms with van der Waals surface area (Å²) >= 11 is 0. The third-order valence-electron chi connectivity index (χ3n) is 4.14. The van der Waals surface area contributed by atoms with Gasteiger partial charge >= 0.3 is 0 Å². The smallest absolute Gasteiger partial charge is 0.274 e. The summed E-state index contributed by atoms with van der Waals surface area (Å²) in [5.74, 6) is 0.361. The van der Waals surface area contributed by atoms with Crippen LogP contribution in [0.3, 0.4) is 0 Å². The summed E-state index contributed by atoms with van der Waals surface area (Å²) in [5.41, 5.74) is 0.0180. The second kappa shape index (κ2) is 6.98. The number of hydrogen-bond acceptors (Lipinski definition) is 6. The highest BCUT2D eigenvalue weighted by Gasteiger charge is 2.25. The first-order valence-electron chi connectivity index (χ1n) is 7.82. The lowest BCUT2D eigenvalue weighted by atomic mass is 10.2. The molecule has 1 saturated heterocycles. The molecule has 2 aromatic rings. The van der Waals surface area contributed by atoms with Crippen LogP contribution in [0.5, 0.6) is 0 Å². The number of carbonyl (C=O) groups excluding carboxylic acids is 1. The molecule has 1 aliphatic rings. The molecule has 128 valence electrons. The van der Waals surface area contributed by atoms with Gasteiger partial charge in [0.2, 0.25) is 0 Å². The molecule has 8 heteroatoms. The van der Waals surface area contributed by atoms with Gasteiger partial charge in [-0.1, -0.05) is 0 Å². The molecule has 0 saturated carbocycles. The molecular formula is C16H20N4O4. The molecule has 1 aliphatic heterocycles. The van der Waals surface area contributed by atoms with E-state index in [9.17, 15) is 14.7 Å². The van der Waals surface area contributed by atoms with Crippen LogP contribution in [-0.4, -0.2) is 63.3 Å². The highest BCUT2D eigenvalue weighted by Crippen LogP contribution is 2.16. The Kier molecular flexibility index (Phi) is 4.77. The first-order valence-corrected chi connectivity index (χ1v) is 7.82. The van der Waals surface area contributed by atoms with Gasteiger partial charge < -0.3 is 14.4 Å². The molecule has 3 rings (SSSR count). The lowest BCUT2D eigenvalue weighted by Crippen LogP contribution is -2.49. The summed E-state index contributed by atoms with van der Waals surface area (Å²) in [7, 11) is 1.52. The fourth-order valence-corrected chi connectivity index (χ4v) is 2.73. The molecule has 0 aliphatic carbocycles. The van der Waals surface area contributed by atoms with Crippen molar-refractivity contribution < 1.29 is 14.3 Å². The maximum absolute atomic E-state index is 12.4. The van der Waals surface area contributed by atoms with Crippen molar-refractivity contribution in [1.82, 2.24) is 19.6 Å². The van der Waals surface area contributed by atoms with Gasteiger partial charge in [0.05, 0.1) is 6.26 Å². The first-order chi connectivity index (χ1) is 11.5. The Bertz CT molecular complexity index is 748. The molecule has 0 bridgehead atoms. The number of aliphatic hydroxyl groups excluding tert-OH is 1. The lowest BCUT2D eigenvalue weighted by molar-refractivity contribution is 0.0480. The first kappa shape index (κ1) is 16.4. The van der Waals surface area contributed by atoms with Crippen molar-refractivity contribution in [3.8, 4) is 0 Å². The van der Waals surface area contributed by atoms with Gasteiger partial charge in [0.1, 0.15) is 17.6 Å². The van der Waals surface area contributed by atoms with Crippen LogP contribution in [-0.2, 0) is 7.05 Å². The molecule has 1 atom stereocenters. The molecule has 8 nitrogen and oxygen atoms in total. The van der Waals surface area contributed by atoms with E-state index in [1.807, 2.05) is 0 Å². The number of aryl methyl sites for hydroxylation is 1. The van der Waals surface area contributed by atoms with Gasteiger partial charge in [0.25, 0.3) is 11.5 Å². The Balaban J connectivity index is 1.55. The van der Waals surface area contributed by atoms with Gasteiger partial charge in [-0.05, 0) is 18.2 Å². The normalized spacial score (nSPS) is 17.0. The number of carbonyl (C=O) groups is 1. The van der Waals surface area contributed by atoms with Crippen LogP contribution in [0.1, 0.15) is 22.4 Å². The lowest BCUT2D eigenvalue weighted by Gasteiger charge is -2.35. The summed E-state index contributed by atoms with van der Waals surface area (Å²) in [6.07, 6.45) is 0.863. The van der Waals surface area contributed by atoms with E-state index in [4.69, 9.17) is 4.42 Å². The number of amides is 1. The van der Waals surface area contributed by atoms with Crippen LogP contribution in [0, 0.1) is 0 Å².